The molecule has 1 aliphatic carbocycles. The number of halogens is 1. The number of nitrogens with zero attached hydrogens (tertiary/aromatic N) is 1. The van der Waals surface area contributed by atoms with Gasteiger partial charge < -0.3 is 16.0 Å². The summed E-state index contributed by atoms with van der Waals surface area (Å²) < 4.78 is 0. The summed E-state index contributed by atoms with van der Waals surface area (Å²) in [5, 5.41) is 10.3. The highest BCUT2D eigenvalue weighted by Gasteiger charge is 2.29. The Hall–Kier alpha value is -1.75. The Balaban J connectivity index is 1.70. The molecule has 0 saturated heterocycles. The highest BCUT2D eigenvalue weighted by atomic mass is 35.5. The number of aliphatic imine (C=N–C) groups is 1. The van der Waals surface area contributed by atoms with Gasteiger partial charge in [-0.1, -0.05) is 37.6 Å². The lowest BCUT2D eigenvalue weighted by molar-refractivity contribution is -0.122. The van der Waals surface area contributed by atoms with Crippen LogP contribution in [0.4, 0.5) is 0 Å². The average Bonchev–Trinajstić information content (AvgIpc) is 3.38. The lowest BCUT2D eigenvalue weighted by Crippen LogP contribution is -2.45. The average molecular weight is 365 g/mol. The van der Waals surface area contributed by atoms with Crippen LogP contribution in [0.3, 0.4) is 0 Å². The summed E-state index contributed by atoms with van der Waals surface area (Å²) in [7, 11) is 1.75. The van der Waals surface area contributed by atoms with Crippen LogP contribution < -0.4 is 16.0 Å². The molecule has 5 nitrogen and oxygen atoms in total. The molecule has 0 aromatic heterocycles. The third-order valence-electron chi connectivity index (χ3n) is 4.19. The van der Waals surface area contributed by atoms with Crippen LogP contribution >= 0.6 is 11.6 Å². The maximum atomic E-state index is 11.6. The topological polar surface area (TPSA) is 65.5 Å². The first-order valence-corrected chi connectivity index (χ1v) is 9.24. The minimum absolute atomic E-state index is 0.0580. The summed E-state index contributed by atoms with van der Waals surface area (Å²) in [5.74, 6) is 1.18. The monoisotopic (exact) mass is 364 g/mol. The molecule has 1 saturated carbocycles. The van der Waals surface area contributed by atoms with Crippen LogP contribution in [0.5, 0.6) is 0 Å². The van der Waals surface area contributed by atoms with Crippen LogP contribution in [0.1, 0.15) is 32.3 Å². The van der Waals surface area contributed by atoms with Crippen LogP contribution in [0.25, 0.3) is 0 Å². The Bertz CT molecular complexity index is 611. The van der Waals surface area contributed by atoms with Gasteiger partial charge in [0.2, 0.25) is 5.91 Å². The highest BCUT2D eigenvalue weighted by molar-refractivity contribution is 6.30. The van der Waals surface area contributed by atoms with Crippen molar-refractivity contribution in [2.45, 2.75) is 33.1 Å². The first-order valence-electron chi connectivity index (χ1n) is 8.86. The number of nitrogens with one attached hydrogen (secondary N) is 3. The van der Waals surface area contributed by atoms with Crippen molar-refractivity contribution in [2.75, 3.05) is 26.7 Å². The summed E-state index contributed by atoms with van der Waals surface area (Å²) in [6.45, 7) is 6.48. The van der Waals surface area contributed by atoms with Gasteiger partial charge in [-0.05, 0) is 42.4 Å². The molecule has 0 spiro atoms. The molecule has 1 aromatic rings. The van der Waals surface area contributed by atoms with E-state index >= 15 is 0 Å². The number of hydrogen-bond donors (Lipinski definition) is 3. The predicted molar refractivity (Wildman–Crippen MR) is 104 cm³/mol. The zero-order valence-electron chi connectivity index (χ0n) is 15.4. The fourth-order valence-corrected chi connectivity index (χ4v) is 2.87. The van der Waals surface area contributed by atoms with Crippen LogP contribution in [-0.2, 0) is 11.2 Å². The third kappa shape index (κ3) is 7.34. The zero-order valence-corrected chi connectivity index (χ0v) is 16.1. The van der Waals surface area contributed by atoms with Crippen LogP contribution in [0.15, 0.2) is 29.3 Å². The van der Waals surface area contributed by atoms with Crippen LogP contribution in [0, 0.1) is 11.3 Å². The summed E-state index contributed by atoms with van der Waals surface area (Å²) in [6, 6.07) is 7.99. The Labute approximate surface area is 155 Å². The Morgan fingerprint density at radius 1 is 1.24 bits per heavy atom. The molecule has 1 aromatic carbocycles. The van der Waals surface area contributed by atoms with E-state index in [2.05, 4.69) is 40.9 Å². The van der Waals surface area contributed by atoms with Gasteiger partial charge >= 0.3 is 0 Å². The molecule has 6 heteroatoms. The molecule has 25 heavy (non-hydrogen) atoms. The van der Waals surface area contributed by atoms with E-state index in [-0.39, 0.29) is 17.2 Å². The van der Waals surface area contributed by atoms with E-state index in [1.54, 1.807) is 7.05 Å². The van der Waals surface area contributed by atoms with Crippen molar-refractivity contribution < 1.29 is 4.79 Å². The molecule has 138 valence electrons. The van der Waals surface area contributed by atoms with Gasteiger partial charge in [0, 0.05) is 37.6 Å². The van der Waals surface area contributed by atoms with Gasteiger partial charge in [0.1, 0.15) is 0 Å². The molecule has 0 unspecified atom stereocenters. The smallest absolute Gasteiger partial charge is 0.223 e. The predicted octanol–water partition coefficient (Wildman–Crippen LogP) is 2.60. The maximum absolute atomic E-state index is 11.6. The van der Waals surface area contributed by atoms with E-state index in [4.69, 9.17) is 11.6 Å². The van der Waals surface area contributed by atoms with Crippen molar-refractivity contribution in [1.82, 2.24) is 16.0 Å². The van der Waals surface area contributed by atoms with Crippen molar-refractivity contribution in [3.05, 3.63) is 34.9 Å². The number of hydrogen-bond acceptors (Lipinski definition) is 2. The lowest BCUT2D eigenvalue weighted by Gasteiger charge is -2.26. The second-order valence-corrected chi connectivity index (χ2v) is 7.83. The van der Waals surface area contributed by atoms with Gasteiger partial charge in [-0.2, -0.15) is 0 Å². The first kappa shape index (κ1) is 19.6. The van der Waals surface area contributed by atoms with Gasteiger partial charge in [0.05, 0.1) is 0 Å². The summed E-state index contributed by atoms with van der Waals surface area (Å²) in [4.78, 5) is 15.8. The number of carbonyl (C=O) groups is 1. The fraction of sp³-hybridized carbons (Fsp3) is 0.579. The number of carbonyl (C=O) groups excluding carboxylic acids is 1. The molecule has 2 rings (SSSR count). The van der Waals surface area contributed by atoms with Crippen molar-refractivity contribution >= 4 is 23.5 Å². The number of benzene rings is 1. The van der Waals surface area contributed by atoms with Gasteiger partial charge in [0.15, 0.2) is 5.96 Å². The second kappa shape index (κ2) is 9.09. The molecule has 0 radical (unpaired) electrons. The zero-order chi connectivity index (χ0) is 18.3. The first-order chi connectivity index (χ1) is 11.9. The van der Waals surface area contributed by atoms with E-state index in [9.17, 15) is 4.79 Å². The van der Waals surface area contributed by atoms with Crippen LogP contribution in [0.2, 0.25) is 5.02 Å². The summed E-state index contributed by atoms with van der Waals surface area (Å²) >= 11 is 6.07. The van der Waals surface area contributed by atoms with Crippen molar-refractivity contribution in [3.63, 3.8) is 0 Å². The minimum Gasteiger partial charge on any atom is -0.356 e. The molecule has 1 aliphatic rings. The minimum atomic E-state index is 0.0580. The SMILES string of the molecule is CN=C(NCCNC(=O)C1CC1)NCC(C)(C)Cc1cccc(Cl)c1. The van der Waals surface area contributed by atoms with Crippen molar-refractivity contribution in [3.8, 4) is 0 Å². The van der Waals surface area contributed by atoms with Gasteiger partial charge in [-0.15, -0.1) is 0 Å². The standard InChI is InChI=1S/C19H29ClN4O/c1-19(2,12-14-5-4-6-16(20)11-14)13-24-18(21-3)23-10-9-22-17(25)15-7-8-15/h4-6,11,15H,7-10,12-13H2,1-3H3,(H,22,25)(H2,21,23,24). The molecule has 0 atom stereocenters. The van der Waals surface area contributed by atoms with E-state index < -0.39 is 0 Å². The van der Waals surface area contributed by atoms with Gasteiger partial charge in [0.25, 0.3) is 0 Å². The number of amides is 1. The quantitative estimate of drug-likeness (QED) is 0.377. The molecular weight excluding hydrogens is 336 g/mol. The third-order valence-corrected chi connectivity index (χ3v) is 4.43. The lowest BCUT2D eigenvalue weighted by atomic mass is 9.86. The largest absolute Gasteiger partial charge is 0.356 e. The van der Waals surface area contributed by atoms with E-state index in [0.717, 1.165) is 36.8 Å². The highest BCUT2D eigenvalue weighted by Crippen LogP contribution is 2.28. The van der Waals surface area contributed by atoms with Crippen LogP contribution in [-0.4, -0.2) is 38.5 Å². The summed E-state index contributed by atoms with van der Waals surface area (Å²) in [5.41, 5.74) is 1.28. The molecule has 1 fully saturated rings. The Morgan fingerprint density at radius 3 is 2.60 bits per heavy atom. The van der Waals surface area contributed by atoms with Crippen molar-refractivity contribution in [2.24, 2.45) is 16.3 Å². The van der Waals surface area contributed by atoms with Gasteiger partial charge in [-0.3, -0.25) is 9.79 Å². The van der Waals surface area contributed by atoms with Gasteiger partial charge in [-0.25, -0.2) is 0 Å². The molecule has 0 aliphatic heterocycles. The second-order valence-electron chi connectivity index (χ2n) is 7.39. The molecule has 0 heterocycles. The van der Waals surface area contributed by atoms with E-state index in [1.807, 2.05) is 18.2 Å². The summed E-state index contributed by atoms with van der Waals surface area (Å²) in [6.07, 6.45) is 2.99. The van der Waals surface area contributed by atoms with E-state index in [1.165, 1.54) is 5.56 Å². The van der Waals surface area contributed by atoms with Crippen molar-refractivity contribution in [1.29, 1.82) is 0 Å². The van der Waals surface area contributed by atoms with E-state index in [0.29, 0.717) is 13.1 Å². The molecule has 3 N–H and O–H groups in total. The fourth-order valence-electron chi connectivity index (χ4n) is 2.66. The molecular formula is C19H29ClN4O. The molecule has 1 amide bonds. The maximum Gasteiger partial charge on any atom is 0.223 e. The normalized spacial score (nSPS) is 15.0. The number of guanidine groups is 1. The Morgan fingerprint density at radius 2 is 1.96 bits per heavy atom. The molecule has 0 bridgehead atoms. The number of rotatable bonds is 8. The Kier molecular flexibility index (Phi) is 7.12.